The normalized spacial score (nSPS) is 13.6. The van der Waals surface area contributed by atoms with Crippen molar-refractivity contribution in [1.29, 1.82) is 0 Å². The van der Waals surface area contributed by atoms with Crippen molar-refractivity contribution >= 4 is 66.3 Å². The molecule has 4 aromatic rings. The van der Waals surface area contributed by atoms with Crippen LogP contribution in [-0.4, -0.2) is 49.2 Å². The van der Waals surface area contributed by atoms with E-state index in [-0.39, 0.29) is 18.4 Å². The number of pyridine rings is 1. The van der Waals surface area contributed by atoms with Crippen LogP contribution in [0.3, 0.4) is 0 Å². The summed E-state index contributed by atoms with van der Waals surface area (Å²) in [5.74, 6) is 0.00728. The van der Waals surface area contributed by atoms with Gasteiger partial charge in [0, 0.05) is 29.2 Å². The van der Waals surface area contributed by atoms with E-state index >= 15 is 0 Å². The molecule has 1 aliphatic rings. The van der Waals surface area contributed by atoms with Crippen molar-refractivity contribution in [2.24, 2.45) is 0 Å². The van der Waals surface area contributed by atoms with E-state index in [1.165, 1.54) is 15.5 Å². The Morgan fingerprint density at radius 2 is 1.79 bits per heavy atom. The van der Waals surface area contributed by atoms with Crippen LogP contribution in [0.4, 0.5) is 5.69 Å². The van der Waals surface area contributed by atoms with Crippen molar-refractivity contribution in [3.05, 3.63) is 85.9 Å². The van der Waals surface area contributed by atoms with Gasteiger partial charge in [0.2, 0.25) is 10.0 Å². The number of aromatic nitrogens is 2. The van der Waals surface area contributed by atoms with Crippen LogP contribution in [0.15, 0.2) is 59.2 Å². The number of carbonyl (C=O) groups excluding carboxylic acids is 1. The van der Waals surface area contributed by atoms with Crippen molar-refractivity contribution in [2.75, 3.05) is 24.7 Å². The van der Waals surface area contributed by atoms with Crippen LogP contribution in [0.5, 0.6) is 0 Å². The molecule has 38 heavy (non-hydrogen) atoms. The molecule has 1 aliphatic carbocycles. The van der Waals surface area contributed by atoms with E-state index in [0.29, 0.717) is 32.5 Å². The molecule has 1 fully saturated rings. The average Bonchev–Trinajstić information content (AvgIpc) is 3.63. The van der Waals surface area contributed by atoms with Crippen molar-refractivity contribution in [3.8, 4) is 11.3 Å². The molecule has 11 heteroatoms. The Labute approximate surface area is 240 Å². The Morgan fingerprint density at radius 3 is 2.37 bits per heavy atom. The van der Waals surface area contributed by atoms with E-state index in [9.17, 15) is 13.2 Å². The number of anilines is 1. The third-order valence-electron chi connectivity index (χ3n) is 6.51. The van der Waals surface area contributed by atoms with Gasteiger partial charge < -0.3 is 4.90 Å². The van der Waals surface area contributed by atoms with Crippen molar-refractivity contribution in [2.45, 2.75) is 25.3 Å². The molecule has 0 atom stereocenters. The fourth-order valence-electron chi connectivity index (χ4n) is 4.45. The first-order chi connectivity index (χ1) is 17.9. The lowest BCUT2D eigenvalue weighted by Crippen LogP contribution is -2.30. The SMILES string of the molecule is CN(C)C(=O)c1c(-c2ccc(Cl)cc2)nn2cc(N(Cc3ccc(Br)c(Cl)c3)S(C)(=O)=O)c(C3CC3)cc12. The summed E-state index contributed by atoms with van der Waals surface area (Å²) >= 11 is 15.8. The number of carbonyl (C=O) groups is 1. The van der Waals surface area contributed by atoms with Gasteiger partial charge in [0.25, 0.3) is 5.91 Å². The third kappa shape index (κ3) is 5.30. The Kier molecular flexibility index (Phi) is 7.24. The van der Waals surface area contributed by atoms with Crippen LogP contribution >= 0.6 is 39.1 Å². The molecular weight excluding hydrogens is 611 g/mol. The minimum atomic E-state index is -3.68. The fraction of sp³-hybridized carbons (Fsp3) is 0.259. The molecular formula is C27H25BrCl2N4O3S. The highest BCUT2D eigenvalue weighted by molar-refractivity contribution is 9.10. The largest absolute Gasteiger partial charge is 0.345 e. The van der Waals surface area contributed by atoms with Crippen LogP contribution in [0.25, 0.3) is 16.8 Å². The van der Waals surface area contributed by atoms with Crippen LogP contribution in [0, 0.1) is 0 Å². The van der Waals surface area contributed by atoms with Gasteiger partial charge >= 0.3 is 0 Å². The highest BCUT2D eigenvalue weighted by Gasteiger charge is 2.33. The van der Waals surface area contributed by atoms with Crippen molar-refractivity contribution in [3.63, 3.8) is 0 Å². The molecule has 0 saturated heterocycles. The first-order valence-corrected chi connectivity index (χ1v) is 15.3. The summed E-state index contributed by atoms with van der Waals surface area (Å²) in [6, 6.07) is 14.4. The number of nitrogens with zero attached hydrogens (tertiary/aromatic N) is 4. The van der Waals surface area contributed by atoms with Gasteiger partial charge in [-0.3, -0.25) is 9.10 Å². The van der Waals surface area contributed by atoms with E-state index in [1.807, 2.05) is 24.3 Å². The predicted octanol–water partition coefficient (Wildman–Crippen LogP) is 6.62. The summed E-state index contributed by atoms with van der Waals surface area (Å²) in [5, 5.41) is 5.85. The molecule has 0 unspecified atom stereocenters. The van der Waals surface area contributed by atoms with E-state index < -0.39 is 10.0 Å². The van der Waals surface area contributed by atoms with E-state index in [4.69, 9.17) is 28.3 Å². The molecule has 2 aromatic heterocycles. The van der Waals surface area contributed by atoms with Crippen LogP contribution < -0.4 is 4.31 Å². The molecule has 0 N–H and O–H groups in total. The quantitative estimate of drug-likeness (QED) is 0.229. The monoisotopic (exact) mass is 634 g/mol. The van der Waals surface area contributed by atoms with Gasteiger partial charge in [-0.25, -0.2) is 12.9 Å². The second-order valence-electron chi connectivity index (χ2n) is 9.67. The molecule has 0 spiro atoms. The number of hydrogen-bond acceptors (Lipinski definition) is 4. The molecule has 0 radical (unpaired) electrons. The number of halogens is 3. The highest BCUT2D eigenvalue weighted by Crippen LogP contribution is 2.46. The predicted molar refractivity (Wildman–Crippen MR) is 156 cm³/mol. The van der Waals surface area contributed by atoms with Gasteiger partial charge in [-0.05, 0) is 76.1 Å². The molecule has 198 valence electrons. The second kappa shape index (κ2) is 10.2. The molecule has 1 saturated carbocycles. The smallest absolute Gasteiger partial charge is 0.257 e. The summed E-state index contributed by atoms with van der Waals surface area (Å²) in [6.07, 6.45) is 4.80. The number of rotatable bonds is 7. The topological polar surface area (TPSA) is 75.0 Å². The summed E-state index contributed by atoms with van der Waals surface area (Å²) < 4.78 is 30.0. The van der Waals surface area contributed by atoms with Gasteiger partial charge in [0.15, 0.2) is 0 Å². The zero-order valence-corrected chi connectivity index (χ0v) is 24.9. The maximum absolute atomic E-state index is 13.4. The summed E-state index contributed by atoms with van der Waals surface area (Å²) in [4.78, 5) is 14.9. The maximum atomic E-state index is 13.4. The highest BCUT2D eigenvalue weighted by atomic mass is 79.9. The molecule has 1 amide bonds. The van der Waals surface area contributed by atoms with Gasteiger partial charge in [0.1, 0.15) is 5.69 Å². The van der Waals surface area contributed by atoms with Gasteiger partial charge in [-0.1, -0.05) is 41.4 Å². The van der Waals surface area contributed by atoms with Crippen LogP contribution in [-0.2, 0) is 16.6 Å². The Balaban J connectivity index is 1.73. The number of amides is 1. The van der Waals surface area contributed by atoms with Crippen LogP contribution in [0.1, 0.15) is 40.2 Å². The van der Waals surface area contributed by atoms with Crippen molar-refractivity contribution < 1.29 is 13.2 Å². The molecule has 2 heterocycles. The van der Waals surface area contributed by atoms with Gasteiger partial charge in [-0.2, -0.15) is 5.10 Å². The second-order valence-corrected chi connectivity index (χ2v) is 13.3. The zero-order chi connectivity index (χ0) is 27.4. The zero-order valence-electron chi connectivity index (χ0n) is 21.0. The first-order valence-electron chi connectivity index (χ1n) is 11.9. The number of benzene rings is 2. The van der Waals surface area contributed by atoms with Crippen molar-refractivity contribution in [1.82, 2.24) is 14.5 Å². The number of sulfonamides is 1. The minimum absolute atomic E-state index is 0.103. The Bertz CT molecular complexity index is 1670. The fourth-order valence-corrected chi connectivity index (χ4v) is 5.92. The van der Waals surface area contributed by atoms with Gasteiger partial charge in [-0.15, -0.1) is 0 Å². The Hall–Kier alpha value is -2.59. The first kappa shape index (κ1) is 27.0. The van der Waals surface area contributed by atoms with Gasteiger partial charge in [0.05, 0.1) is 40.8 Å². The minimum Gasteiger partial charge on any atom is -0.345 e. The van der Waals surface area contributed by atoms with E-state index in [1.54, 1.807) is 49.1 Å². The average molecular weight is 636 g/mol. The summed E-state index contributed by atoms with van der Waals surface area (Å²) in [6.45, 7) is 0.103. The number of fused-ring (bicyclic) bond motifs is 1. The van der Waals surface area contributed by atoms with Crippen LogP contribution in [0.2, 0.25) is 10.0 Å². The van der Waals surface area contributed by atoms with E-state index in [2.05, 4.69) is 15.9 Å². The molecule has 0 aliphatic heterocycles. The lowest BCUT2D eigenvalue weighted by atomic mass is 10.0. The molecule has 7 nitrogen and oxygen atoms in total. The molecule has 2 aromatic carbocycles. The summed E-state index contributed by atoms with van der Waals surface area (Å²) in [5.41, 5.74) is 4.48. The summed E-state index contributed by atoms with van der Waals surface area (Å²) in [7, 11) is -0.285. The lowest BCUT2D eigenvalue weighted by Gasteiger charge is -2.25. The Morgan fingerprint density at radius 1 is 1.11 bits per heavy atom. The lowest BCUT2D eigenvalue weighted by molar-refractivity contribution is 0.0830. The molecule has 0 bridgehead atoms. The maximum Gasteiger partial charge on any atom is 0.257 e. The molecule has 5 rings (SSSR count). The van der Waals surface area contributed by atoms with E-state index in [0.717, 1.165) is 34.0 Å². The standard InChI is InChI=1S/C27H25BrCl2N4O3S/c1-32(2)27(35)25-23-13-20(17-5-6-17)24(15-33(23)31-26(25)18-7-9-19(29)10-8-18)34(38(3,36)37)14-16-4-11-21(28)22(30)12-16/h4,7-13,15,17H,5-6,14H2,1-3H3. The number of hydrogen-bond donors (Lipinski definition) is 0. The third-order valence-corrected chi connectivity index (χ3v) is 9.13.